The predicted molar refractivity (Wildman–Crippen MR) is 98.0 cm³/mol. The molecule has 2 N–H and O–H groups in total. The van der Waals surface area contributed by atoms with E-state index in [9.17, 15) is 18.4 Å². The van der Waals surface area contributed by atoms with Crippen LogP contribution >= 0.6 is 11.6 Å². The number of hydrogen-bond acceptors (Lipinski definition) is 3. The van der Waals surface area contributed by atoms with Gasteiger partial charge >= 0.3 is 0 Å². The molecule has 0 saturated heterocycles. The van der Waals surface area contributed by atoms with E-state index in [1.54, 1.807) is 24.3 Å². The van der Waals surface area contributed by atoms with Crippen LogP contribution in [0.15, 0.2) is 60.8 Å². The molecular weight excluding hydrogens is 376 g/mol. The Bertz CT molecular complexity index is 1010. The number of amides is 2. The highest BCUT2D eigenvalue weighted by molar-refractivity contribution is 6.30. The van der Waals surface area contributed by atoms with Crippen molar-refractivity contribution in [3.8, 4) is 0 Å². The first-order valence-corrected chi connectivity index (χ1v) is 8.09. The topological polar surface area (TPSA) is 71.1 Å². The zero-order valence-corrected chi connectivity index (χ0v) is 14.4. The van der Waals surface area contributed by atoms with Crippen LogP contribution in [0.2, 0.25) is 5.02 Å². The molecule has 3 rings (SSSR count). The van der Waals surface area contributed by atoms with Crippen LogP contribution in [0.3, 0.4) is 0 Å². The number of carbonyl (C=O) groups excluding carboxylic acids is 2. The van der Waals surface area contributed by atoms with Gasteiger partial charge in [0, 0.05) is 28.5 Å². The Morgan fingerprint density at radius 2 is 1.63 bits per heavy atom. The highest BCUT2D eigenvalue weighted by Gasteiger charge is 2.14. The minimum Gasteiger partial charge on any atom is -0.322 e. The van der Waals surface area contributed by atoms with Crippen molar-refractivity contribution in [2.24, 2.45) is 0 Å². The first-order chi connectivity index (χ1) is 12.9. The number of nitrogens with one attached hydrogen (secondary N) is 2. The fraction of sp³-hybridized carbons (Fsp3) is 0. The summed E-state index contributed by atoms with van der Waals surface area (Å²) >= 11 is 5.79. The Morgan fingerprint density at radius 3 is 2.33 bits per heavy atom. The van der Waals surface area contributed by atoms with Gasteiger partial charge in [0.1, 0.15) is 17.3 Å². The van der Waals surface area contributed by atoms with Gasteiger partial charge in [-0.25, -0.2) is 8.78 Å². The molecule has 0 radical (unpaired) electrons. The third kappa shape index (κ3) is 4.65. The fourth-order valence-corrected chi connectivity index (χ4v) is 2.34. The van der Waals surface area contributed by atoms with Crippen LogP contribution in [0.5, 0.6) is 0 Å². The second kappa shape index (κ2) is 7.92. The molecule has 0 atom stereocenters. The minimum absolute atomic E-state index is 0.0949. The van der Waals surface area contributed by atoms with E-state index in [-0.39, 0.29) is 16.9 Å². The molecule has 0 fully saturated rings. The van der Waals surface area contributed by atoms with Crippen LogP contribution in [0.1, 0.15) is 20.8 Å². The molecule has 2 amide bonds. The standard InChI is InChI=1S/C19H12ClF2N3O2/c20-12-1-4-14(5-2-12)24-18(26)11-7-8-23-17(9-11)19(27)25-16-6-3-13(21)10-15(16)22/h1-10H,(H,24,26)(H,25,27). The summed E-state index contributed by atoms with van der Waals surface area (Å²) in [6, 6.07) is 12.0. The Balaban J connectivity index is 1.75. The lowest BCUT2D eigenvalue weighted by atomic mass is 10.2. The van der Waals surface area contributed by atoms with Crippen molar-refractivity contribution in [2.75, 3.05) is 10.6 Å². The van der Waals surface area contributed by atoms with Crippen LogP contribution in [-0.2, 0) is 0 Å². The van der Waals surface area contributed by atoms with Crippen LogP contribution in [0.25, 0.3) is 0 Å². The zero-order valence-electron chi connectivity index (χ0n) is 13.7. The zero-order chi connectivity index (χ0) is 19.4. The van der Waals surface area contributed by atoms with Gasteiger partial charge in [-0.2, -0.15) is 0 Å². The molecule has 2 aromatic carbocycles. The summed E-state index contributed by atoms with van der Waals surface area (Å²) in [6.45, 7) is 0. The second-order valence-corrected chi connectivity index (χ2v) is 5.91. The average Bonchev–Trinajstić information content (AvgIpc) is 2.66. The van der Waals surface area contributed by atoms with Gasteiger partial charge in [0.15, 0.2) is 0 Å². The summed E-state index contributed by atoms with van der Waals surface area (Å²) in [5, 5.41) is 5.48. The summed E-state index contributed by atoms with van der Waals surface area (Å²) in [7, 11) is 0. The SMILES string of the molecule is O=C(Nc1ccc(Cl)cc1)c1ccnc(C(=O)Nc2ccc(F)cc2F)c1. The molecule has 3 aromatic rings. The van der Waals surface area contributed by atoms with Crippen molar-refractivity contribution in [2.45, 2.75) is 0 Å². The van der Waals surface area contributed by atoms with Gasteiger partial charge in [-0.05, 0) is 48.5 Å². The van der Waals surface area contributed by atoms with Crippen molar-refractivity contribution >= 4 is 34.8 Å². The number of carbonyl (C=O) groups is 2. The van der Waals surface area contributed by atoms with Crippen LogP contribution in [-0.4, -0.2) is 16.8 Å². The van der Waals surface area contributed by atoms with Crippen molar-refractivity contribution in [1.82, 2.24) is 4.98 Å². The molecule has 0 spiro atoms. The summed E-state index contributed by atoms with van der Waals surface area (Å²) in [5.74, 6) is -2.87. The van der Waals surface area contributed by atoms with E-state index in [0.29, 0.717) is 16.8 Å². The third-order valence-corrected chi connectivity index (χ3v) is 3.79. The first kappa shape index (κ1) is 18.5. The third-order valence-electron chi connectivity index (χ3n) is 3.54. The molecule has 0 aliphatic carbocycles. The number of aromatic nitrogens is 1. The molecule has 0 unspecified atom stereocenters. The summed E-state index contributed by atoms with van der Waals surface area (Å²) < 4.78 is 26.6. The van der Waals surface area contributed by atoms with Crippen molar-refractivity contribution < 1.29 is 18.4 Å². The lowest BCUT2D eigenvalue weighted by molar-refractivity contribution is 0.102. The second-order valence-electron chi connectivity index (χ2n) is 5.47. The monoisotopic (exact) mass is 387 g/mol. The summed E-state index contributed by atoms with van der Waals surface area (Å²) in [5.41, 5.74) is 0.423. The predicted octanol–water partition coefficient (Wildman–Crippen LogP) is 4.52. The molecular formula is C19H12ClF2N3O2. The maximum atomic E-state index is 13.7. The van der Waals surface area contributed by atoms with Crippen LogP contribution in [0, 0.1) is 11.6 Å². The van der Waals surface area contributed by atoms with E-state index in [0.717, 1.165) is 12.1 Å². The summed E-state index contributed by atoms with van der Waals surface area (Å²) in [4.78, 5) is 28.4. The normalized spacial score (nSPS) is 10.3. The maximum absolute atomic E-state index is 13.7. The number of hydrogen-bond donors (Lipinski definition) is 2. The molecule has 27 heavy (non-hydrogen) atoms. The minimum atomic E-state index is -0.917. The molecule has 0 bridgehead atoms. The van der Waals surface area contributed by atoms with Crippen molar-refractivity contribution in [3.63, 3.8) is 0 Å². The van der Waals surface area contributed by atoms with Crippen LogP contribution < -0.4 is 10.6 Å². The van der Waals surface area contributed by atoms with E-state index >= 15 is 0 Å². The van der Waals surface area contributed by atoms with E-state index < -0.39 is 23.4 Å². The molecule has 0 saturated carbocycles. The molecule has 0 aliphatic rings. The smallest absolute Gasteiger partial charge is 0.274 e. The van der Waals surface area contributed by atoms with Gasteiger partial charge in [-0.15, -0.1) is 0 Å². The molecule has 136 valence electrons. The number of benzene rings is 2. The fourth-order valence-electron chi connectivity index (χ4n) is 2.21. The van der Waals surface area contributed by atoms with E-state index in [1.807, 2.05) is 0 Å². The van der Waals surface area contributed by atoms with E-state index in [1.165, 1.54) is 18.3 Å². The average molecular weight is 388 g/mol. The van der Waals surface area contributed by atoms with Gasteiger partial charge in [0.05, 0.1) is 5.69 Å². The Labute approximate surface area is 158 Å². The van der Waals surface area contributed by atoms with E-state index in [4.69, 9.17) is 11.6 Å². The lowest BCUT2D eigenvalue weighted by Gasteiger charge is -2.08. The van der Waals surface area contributed by atoms with E-state index in [2.05, 4.69) is 15.6 Å². The number of anilines is 2. The summed E-state index contributed by atoms with van der Waals surface area (Å²) in [6.07, 6.45) is 1.28. The Kier molecular flexibility index (Phi) is 5.42. The molecule has 1 aromatic heterocycles. The van der Waals surface area contributed by atoms with Gasteiger partial charge in [0.2, 0.25) is 0 Å². The highest BCUT2D eigenvalue weighted by atomic mass is 35.5. The van der Waals surface area contributed by atoms with Crippen molar-refractivity contribution in [1.29, 1.82) is 0 Å². The largest absolute Gasteiger partial charge is 0.322 e. The molecule has 8 heteroatoms. The quantitative estimate of drug-likeness (QED) is 0.691. The van der Waals surface area contributed by atoms with Gasteiger partial charge in [-0.1, -0.05) is 11.6 Å². The molecule has 1 heterocycles. The van der Waals surface area contributed by atoms with Gasteiger partial charge in [-0.3, -0.25) is 14.6 Å². The molecule has 5 nitrogen and oxygen atoms in total. The van der Waals surface area contributed by atoms with Gasteiger partial charge in [0.25, 0.3) is 11.8 Å². The van der Waals surface area contributed by atoms with Crippen LogP contribution in [0.4, 0.5) is 20.2 Å². The number of nitrogens with zero attached hydrogens (tertiary/aromatic N) is 1. The number of pyridine rings is 1. The first-order valence-electron chi connectivity index (χ1n) is 7.72. The number of rotatable bonds is 4. The van der Waals surface area contributed by atoms with Crippen molar-refractivity contribution in [3.05, 3.63) is 88.7 Å². The maximum Gasteiger partial charge on any atom is 0.274 e. The Hall–Kier alpha value is -3.32. The molecule has 0 aliphatic heterocycles. The number of halogens is 3. The van der Waals surface area contributed by atoms with Gasteiger partial charge < -0.3 is 10.6 Å². The Morgan fingerprint density at radius 1 is 0.889 bits per heavy atom. The lowest BCUT2D eigenvalue weighted by Crippen LogP contribution is -2.17. The highest BCUT2D eigenvalue weighted by Crippen LogP contribution is 2.17.